The molecule has 0 bridgehead atoms. The number of ether oxygens (including phenoxy) is 4. The smallest absolute Gasteiger partial charge is 0.161 e. The molecule has 0 aliphatic heterocycles. The van der Waals surface area contributed by atoms with Crippen LogP contribution in [0.25, 0.3) is 0 Å². The Morgan fingerprint density at radius 3 is 1.92 bits per heavy atom. The molecule has 0 spiro atoms. The molecule has 4 rings (SSSR count). The Kier molecular flexibility index (Phi) is 8.21. The Morgan fingerprint density at radius 2 is 1.42 bits per heavy atom. The van der Waals surface area contributed by atoms with Crippen LogP contribution < -0.4 is 9.47 Å². The van der Waals surface area contributed by atoms with Crippen molar-refractivity contribution in [3.8, 4) is 11.5 Å². The summed E-state index contributed by atoms with van der Waals surface area (Å²) in [7, 11) is 3.33. The molecule has 0 unspecified atom stereocenters. The number of allylic oxidation sites excluding steroid dienone is 1. The van der Waals surface area contributed by atoms with Crippen LogP contribution in [0.15, 0.2) is 59.7 Å². The lowest BCUT2D eigenvalue weighted by Gasteiger charge is -2.52. The van der Waals surface area contributed by atoms with Gasteiger partial charge in [-0.05, 0) is 78.1 Å². The Labute approximate surface area is 215 Å². The van der Waals surface area contributed by atoms with Gasteiger partial charge in [0.1, 0.15) is 11.5 Å². The van der Waals surface area contributed by atoms with E-state index in [2.05, 4.69) is 20.8 Å². The first kappa shape index (κ1) is 26.4. The summed E-state index contributed by atoms with van der Waals surface area (Å²) in [5.74, 6) is 2.63. The van der Waals surface area contributed by atoms with Gasteiger partial charge in [0, 0.05) is 11.8 Å². The number of ketones is 1. The predicted molar refractivity (Wildman–Crippen MR) is 141 cm³/mol. The van der Waals surface area contributed by atoms with E-state index in [-0.39, 0.29) is 23.4 Å². The fourth-order valence-corrected chi connectivity index (χ4v) is 5.92. The molecule has 0 saturated heterocycles. The first-order chi connectivity index (χ1) is 17.3. The van der Waals surface area contributed by atoms with Crippen molar-refractivity contribution < 1.29 is 23.7 Å². The van der Waals surface area contributed by atoms with E-state index in [1.807, 2.05) is 55.5 Å². The van der Waals surface area contributed by atoms with Gasteiger partial charge >= 0.3 is 0 Å². The van der Waals surface area contributed by atoms with Crippen molar-refractivity contribution in [2.75, 3.05) is 14.2 Å². The summed E-state index contributed by atoms with van der Waals surface area (Å²) < 4.78 is 23.8. The van der Waals surface area contributed by atoms with Gasteiger partial charge in [0.05, 0.1) is 39.6 Å². The molecule has 2 aromatic carbocycles. The van der Waals surface area contributed by atoms with E-state index < -0.39 is 0 Å². The van der Waals surface area contributed by atoms with Crippen LogP contribution in [0, 0.1) is 17.3 Å². The highest BCUT2D eigenvalue weighted by Crippen LogP contribution is 2.54. The average Bonchev–Trinajstić information content (AvgIpc) is 2.89. The highest BCUT2D eigenvalue weighted by Gasteiger charge is 2.52. The fourth-order valence-electron chi connectivity index (χ4n) is 5.92. The van der Waals surface area contributed by atoms with Crippen LogP contribution in [0.2, 0.25) is 0 Å². The van der Waals surface area contributed by atoms with Gasteiger partial charge < -0.3 is 18.9 Å². The SMILES string of the molecule is COc1ccc(CO[C@@H]2C3=C(C)C(=O)C[C@H](OCc4ccc(OC)cc4)[C@@]3(C)CC[C@H]2C(C)C)cc1. The van der Waals surface area contributed by atoms with Crippen molar-refractivity contribution in [1.82, 2.24) is 0 Å². The maximum absolute atomic E-state index is 13.2. The van der Waals surface area contributed by atoms with Gasteiger partial charge in [-0.1, -0.05) is 45.0 Å². The van der Waals surface area contributed by atoms with E-state index in [0.717, 1.165) is 46.6 Å². The Hall–Kier alpha value is -2.63. The van der Waals surface area contributed by atoms with Crippen LogP contribution in [-0.2, 0) is 27.5 Å². The van der Waals surface area contributed by atoms with Crippen LogP contribution in [0.4, 0.5) is 0 Å². The van der Waals surface area contributed by atoms with Crippen LogP contribution in [0.3, 0.4) is 0 Å². The highest BCUT2D eigenvalue weighted by molar-refractivity contribution is 5.97. The van der Waals surface area contributed by atoms with Crippen LogP contribution in [-0.4, -0.2) is 32.2 Å². The van der Waals surface area contributed by atoms with Crippen molar-refractivity contribution in [2.45, 2.75) is 72.4 Å². The summed E-state index contributed by atoms with van der Waals surface area (Å²) >= 11 is 0. The van der Waals surface area contributed by atoms with E-state index in [4.69, 9.17) is 18.9 Å². The molecular formula is C31H40O5. The summed E-state index contributed by atoms with van der Waals surface area (Å²) in [6, 6.07) is 15.9. The molecule has 0 N–H and O–H groups in total. The molecule has 2 aromatic rings. The monoisotopic (exact) mass is 492 g/mol. The first-order valence-electron chi connectivity index (χ1n) is 13.0. The van der Waals surface area contributed by atoms with Gasteiger partial charge in [-0.25, -0.2) is 0 Å². The Balaban J connectivity index is 1.58. The number of rotatable bonds is 9. The minimum atomic E-state index is -0.236. The van der Waals surface area contributed by atoms with Crippen molar-refractivity contribution in [2.24, 2.45) is 17.3 Å². The summed E-state index contributed by atoms with van der Waals surface area (Å²) in [6.45, 7) is 9.75. The van der Waals surface area contributed by atoms with Gasteiger partial charge in [-0.3, -0.25) is 4.79 Å². The number of methoxy groups -OCH3 is 2. The summed E-state index contributed by atoms with van der Waals surface area (Å²) in [5.41, 5.74) is 3.95. The van der Waals surface area contributed by atoms with Crippen LogP contribution in [0.1, 0.15) is 58.1 Å². The number of hydrogen-bond acceptors (Lipinski definition) is 5. The second kappa shape index (κ2) is 11.2. The quantitative estimate of drug-likeness (QED) is 0.398. The largest absolute Gasteiger partial charge is 0.497 e. The lowest BCUT2D eigenvalue weighted by atomic mass is 9.57. The molecule has 0 aromatic heterocycles. The highest BCUT2D eigenvalue weighted by atomic mass is 16.5. The molecule has 36 heavy (non-hydrogen) atoms. The molecule has 1 saturated carbocycles. The van der Waals surface area contributed by atoms with Crippen molar-refractivity contribution in [1.29, 1.82) is 0 Å². The third-order valence-corrected chi connectivity index (χ3v) is 8.24. The van der Waals surface area contributed by atoms with E-state index >= 15 is 0 Å². The molecule has 5 nitrogen and oxygen atoms in total. The van der Waals surface area contributed by atoms with Crippen LogP contribution >= 0.6 is 0 Å². The number of hydrogen-bond donors (Lipinski definition) is 0. The van der Waals surface area contributed by atoms with Crippen molar-refractivity contribution >= 4 is 5.78 Å². The molecule has 5 heteroatoms. The number of fused-ring (bicyclic) bond motifs is 1. The third-order valence-electron chi connectivity index (χ3n) is 8.24. The van der Waals surface area contributed by atoms with Crippen molar-refractivity contribution in [3.05, 3.63) is 70.8 Å². The molecule has 1 fully saturated rings. The molecule has 0 amide bonds. The maximum Gasteiger partial charge on any atom is 0.161 e. The minimum absolute atomic E-state index is 0.109. The lowest BCUT2D eigenvalue weighted by molar-refractivity contribution is -0.130. The zero-order chi connectivity index (χ0) is 25.9. The number of carbonyl (C=O) groups excluding carboxylic acids is 1. The standard InChI is InChI=1S/C31H40O5/c1-20(2)26-15-16-31(4)28(35-18-22-7-11-24(33-5)12-8-22)17-27(32)21(3)29(31)30(26)36-19-23-9-13-25(34-6)14-10-23/h7-14,20,26,28,30H,15-19H2,1-6H3/t26-,28-,30-,31+/m0/s1. The molecule has 2 aliphatic carbocycles. The van der Waals surface area contributed by atoms with Gasteiger partial charge in [0.2, 0.25) is 0 Å². The Morgan fingerprint density at radius 1 is 0.889 bits per heavy atom. The maximum atomic E-state index is 13.2. The molecule has 0 radical (unpaired) electrons. The number of carbonyl (C=O) groups is 1. The normalized spacial score (nSPS) is 26.2. The van der Waals surface area contributed by atoms with Gasteiger partial charge in [0.25, 0.3) is 0 Å². The van der Waals surface area contributed by atoms with E-state index in [1.165, 1.54) is 0 Å². The molecule has 4 atom stereocenters. The minimum Gasteiger partial charge on any atom is -0.497 e. The zero-order valence-corrected chi connectivity index (χ0v) is 22.5. The third kappa shape index (κ3) is 5.37. The summed E-state index contributed by atoms with van der Waals surface area (Å²) in [6.07, 6.45) is 2.17. The van der Waals surface area contributed by atoms with E-state index in [1.54, 1.807) is 14.2 Å². The first-order valence-corrected chi connectivity index (χ1v) is 13.0. The Bertz CT molecular complexity index is 1070. The zero-order valence-electron chi connectivity index (χ0n) is 22.5. The van der Waals surface area contributed by atoms with E-state index in [9.17, 15) is 4.79 Å². The van der Waals surface area contributed by atoms with Crippen LogP contribution in [0.5, 0.6) is 11.5 Å². The number of benzene rings is 2. The van der Waals surface area contributed by atoms with E-state index in [0.29, 0.717) is 31.5 Å². The van der Waals surface area contributed by atoms with Gasteiger partial charge in [0.15, 0.2) is 5.78 Å². The molecule has 0 heterocycles. The van der Waals surface area contributed by atoms with Gasteiger partial charge in [-0.2, -0.15) is 0 Å². The second-order valence-corrected chi connectivity index (χ2v) is 10.8. The molecular weight excluding hydrogens is 452 g/mol. The summed E-state index contributed by atoms with van der Waals surface area (Å²) in [4.78, 5) is 13.2. The fraction of sp³-hybridized carbons (Fsp3) is 0.516. The second-order valence-electron chi connectivity index (χ2n) is 10.8. The molecule has 194 valence electrons. The molecule has 2 aliphatic rings. The average molecular weight is 493 g/mol. The number of Topliss-reactive ketones (excluding diaryl/α,β-unsaturated/α-hetero) is 1. The topological polar surface area (TPSA) is 54.0 Å². The van der Waals surface area contributed by atoms with Gasteiger partial charge in [-0.15, -0.1) is 0 Å². The van der Waals surface area contributed by atoms with Crippen molar-refractivity contribution in [3.63, 3.8) is 0 Å². The predicted octanol–water partition coefficient (Wildman–Crippen LogP) is 6.54. The lowest BCUT2D eigenvalue weighted by Crippen LogP contribution is -2.52. The summed E-state index contributed by atoms with van der Waals surface area (Å²) in [5, 5.41) is 0.